The molecule has 0 saturated carbocycles. The molecule has 0 fully saturated rings. The van der Waals surface area contributed by atoms with Gasteiger partial charge in [0.25, 0.3) is 0 Å². The Morgan fingerprint density at radius 3 is 2.26 bits per heavy atom. The first-order valence-corrected chi connectivity index (χ1v) is 8.12. The number of aliphatic hydroxyl groups excluding tert-OH is 1. The van der Waals surface area contributed by atoms with Crippen LogP contribution in [0.2, 0.25) is 0 Å². The molecule has 1 aromatic carbocycles. The molecule has 5 heteroatoms. The van der Waals surface area contributed by atoms with E-state index < -0.39 is 16.1 Å². The van der Waals surface area contributed by atoms with Gasteiger partial charge in [-0.1, -0.05) is 32.9 Å². The van der Waals surface area contributed by atoms with Crippen molar-refractivity contribution in [3.63, 3.8) is 0 Å². The van der Waals surface area contributed by atoms with Gasteiger partial charge in [0.05, 0.1) is 11.0 Å². The lowest BCUT2D eigenvalue weighted by Gasteiger charge is -2.10. The Kier molecular flexibility index (Phi) is 5.97. The number of benzene rings is 1. The monoisotopic (exact) mass is 285 g/mol. The highest BCUT2D eigenvalue weighted by Gasteiger charge is 2.14. The van der Waals surface area contributed by atoms with Crippen LogP contribution in [0.15, 0.2) is 29.2 Å². The van der Waals surface area contributed by atoms with E-state index in [1.807, 2.05) is 19.1 Å². The predicted octanol–water partition coefficient (Wildman–Crippen LogP) is 2.25. The van der Waals surface area contributed by atoms with Crippen LogP contribution in [-0.4, -0.2) is 26.2 Å². The highest BCUT2D eigenvalue weighted by atomic mass is 32.2. The van der Waals surface area contributed by atoms with Gasteiger partial charge in [0.2, 0.25) is 10.0 Å². The van der Waals surface area contributed by atoms with Gasteiger partial charge >= 0.3 is 0 Å². The van der Waals surface area contributed by atoms with Gasteiger partial charge in [0, 0.05) is 6.54 Å². The van der Waals surface area contributed by atoms with Crippen molar-refractivity contribution < 1.29 is 13.5 Å². The third kappa shape index (κ3) is 4.93. The Bertz CT molecular complexity index is 480. The first kappa shape index (κ1) is 16.1. The topological polar surface area (TPSA) is 66.4 Å². The zero-order valence-electron chi connectivity index (χ0n) is 11.8. The van der Waals surface area contributed by atoms with Crippen molar-refractivity contribution >= 4 is 10.0 Å². The lowest BCUT2D eigenvalue weighted by molar-refractivity contribution is 0.162. The van der Waals surface area contributed by atoms with Crippen molar-refractivity contribution in [2.75, 3.05) is 6.54 Å². The lowest BCUT2D eigenvalue weighted by Crippen LogP contribution is -2.27. The third-order valence-corrected chi connectivity index (χ3v) is 4.57. The molecule has 0 amide bonds. The van der Waals surface area contributed by atoms with Crippen LogP contribution in [0.3, 0.4) is 0 Å². The zero-order valence-corrected chi connectivity index (χ0v) is 12.6. The first-order valence-electron chi connectivity index (χ1n) is 6.64. The Labute approximate surface area is 115 Å². The highest BCUT2D eigenvalue weighted by molar-refractivity contribution is 7.89. The summed E-state index contributed by atoms with van der Waals surface area (Å²) in [6.45, 7) is 6.24. The molecule has 0 heterocycles. The van der Waals surface area contributed by atoms with Crippen molar-refractivity contribution in [1.82, 2.24) is 4.72 Å². The van der Waals surface area contributed by atoms with Crippen LogP contribution < -0.4 is 4.72 Å². The molecule has 0 aliphatic rings. The molecule has 0 bridgehead atoms. The molecule has 4 nitrogen and oxygen atoms in total. The molecule has 19 heavy (non-hydrogen) atoms. The van der Waals surface area contributed by atoms with Crippen LogP contribution in [0.5, 0.6) is 0 Å². The fourth-order valence-corrected chi connectivity index (χ4v) is 2.73. The van der Waals surface area contributed by atoms with E-state index in [1.165, 1.54) is 0 Å². The minimum Gasteiger partial charge on any atom is -0.393 e. The molecule has 1 unspecified atom stereocenters. The number of hydrogen-bond acceptors (Lipinski definition) is 3. The van der Waals surface area contributed by atoms with E-state index in [1.54, 1.807) is 12.1 Å². The van der Waals surface area contributed by atoms with Gasteiger partial charge in [-0.05, 0) is 36.5 Å². The summed E-state index contributed by atoms with van der Waals surface area (Å²) in [4.78, 5) is 0.267. The summed E-state index contributed by atoms with van der Waals surface area (Å²) in [6, 6.07) is 6.90. The van der Waals surface area contributed by atoms with Crippen LogP contribution in [0.4, 0.5) is 0 Å². The van der Waals surface area contributed by atoms with Crippen LogP contribution in [0, 0.1) is 0 Å². The number of rotatable bonds is 7. The van der Waals surface area contributed by atoms with Crippen LogP contribution in [0.1, 0.15) is 45.1 Å². The van der Waals surface area contributed by atoms with E-state index in [0.29, 0.717) is 18.8 Å². The number of nitrogens with one attached hydrogen (secondary N) is 1. The third-order valence-electron chi connectivity index (χ3n) is 3.10. The minimum absolute atomic E-state index is 0.253. The van der Waals surface area contributed by atoms with Crippen LogP contribution >= 0.6 is 0 Å². The van der Waals surface area contributed by atoms with E-state index >= 15 is 0 Å². The second-order valence-electron chi connectivity index (χ2n) is 4.97. The predicted molar refractivity (Wildman–Crippen MR) is 76.6 cm³/mol. The van der Waals surface area contributed by atoms with Gasteiger partial charge in [-0.2, -0.15) is 0 Å². The molecule has 0 aromatic heterocycles. The standard InChI is InChI=1S/C14H23NO3S/c1-4-13(16)9-10-15-19(17,18)14-7-5-12(6-8-14)11(2)3/h5-8,11,13,15-16H,4,9-10H2,1-3H3. The van der Waals surface area contributed by atoms with Gasteiger partial charge in [-0.3, -0.25) is 0 Å². The maximum absolute atomic E-state index is 12.0. The minimum atomic E-state index is -3.47. The summed E-state index contributed by atoms with van der Waals surface area (Å²) < 4.78 is 26.5. The van der Waals surface area contributed by atoms with Crippen molar-refractivity contribution in [1.29, 1.82) is 0 Å². The molecule has 1 atom stereocenters. The highest BCUT2D eigenvalue weighted by Crippen LogP contribution is 2.17. The maximum atomic E-state index is 12.0. The molecule has 1 rings (SSSR count). The van der Waals surface area contributed by atoms with Gasteiger partial charge in [-0.15, -0.1) is 0 Å². The Hall–Kier alpha value is -0.910. The van der Waals surface area contributed by atoms with Gasteiger partial charge in [0.1, 0.15) is 0 Å². The maximum Gasteiger partial charge on any atom is 0.240 e. The van der Waals surface area contributed by atoms with Crippen molar-refractivity contribution in [2.24, 2.45) is 0 Å². The lowest BCUT2D eigenvalue weighted by atomic mass is 10.0. The molecule has 0 aliphatic carbocycles. The summed E-state index contributed by atoms with van der Waals surface area (Å²) >= 11 is 0. The number of sulfonamides is 1. The van der Waals surface area contributed by atoms with Crippen molar-refractivity contribution in [3.8, 4) is 0 Å². The molecule has 0 radical (unpaired) electrons. The Morgan fingerprint density at radius 2 is 1.79 bits per heavy atom. The summed E-state index contributed by atoms with van der Waals surface area (Å²) in [6.07, 6.45) is 0.607. The van der Waals surface area contributed by atoms with Gasteiger partial charge in [-0.25, -0.2) is 13.1 Å². The van der Waals surface area contributed by atoms with E-state index in [0.717, 1.165) is 5.56 Å². The smallest absolute Gasteiger partial charge is 0.240 e. The Balaban J connectivity index is 2.67. The molecule has 0 saturated heterocycles. The largest absolute Gasteiger partial charge is 0.393 e. The fourth-order valence-electron chi connectivity index (χ4n) is 1.68. The molecular formula is C14H23NO3S. The molecule has 0 spiro atoms. The first-order chi connectivity index (χ1) is 8.86. The van der Waals surface area contributed by atoms with E-state index in [2.05, 4.69) is 18.6 Å². The van der Waals surface area contributed by atoms with E-state index in [9.17, 15) is 13.5 Å². The number of aliphatic hydroxyl groups is 1. The Morgan fingerprint density at radius 1 is 1.21 bits per heavy atom. The van der Waals surface area contributed by atoms with E-state index in [-0.39, 0.29) is 11.4 Å². The summed E-state index contributed by atoms with van der Waals surface area (Å²) in [7, 11) is -3.47. The van der Waals surface area contributed by atoms with Crippen LogP contribution in [0.25, 0.3) is 0 Å². The summed E-state index contributed by atoms with van der Waals surface area (Å²) in [5.41, 5.74) is 1.11. The second kappa shape index (κ2) is 7.03. The van der Waals surface area contributed by atoms with Gasteiger partial charge < -0.3 is 5.11 Å². The van der Waals surface area contributed by atoms with Crippen molar-refractivity contribution in [3.05, 3.63) is 29.8 Å². The average Bonchev–Trinajstić information content (AvgIpc) is 2.38. The fraction of sp³-hybridized carbons (Fsp3) is 0.571. The molecule has 0 aliphatic heterocycles. The normalized spacial score (nSPS) is 13.7. The average molecular weight is 285 g/mol. The number of hydrogen-bond donors (Lipinski definition) is 2. The SMILES string of the molecule is CCC(O)CCNS(=O)(=O)c1ccc(C(C)C)cc1. The molecule has 2 N–H and O–H groups in total. The molecule has 1 aromatic rings. The van der Waals surface area contributed by atoms with Crippen LogP contribution in [-0.2, 0) is 10.0 Å². The van der Waals surface area contributed by atoms with Crippen molar-refractivity contribution in [2.45, 2.75) is 50.5 Å². The summed E-state index contributed by atoms with van der Waals surface area (Å²) in [5.74, 6) is 0.379. The van der Waals surface area contributed by atoms with Gasteiger partial charge in [0.15, 0.2) is 0 Å². The summed E-state index contributed by atoms with van der Waals surface area (Å²) in [5, 5.41) is 9.39. The zero-order chi connectivity index (χ0) is 14.5. The molecule has 108 valence electrons. The van der Waals surface area contributed by atoms with E-state index in [4.69, 9.17) is 0 Å². The molecular weight excluding hydrogens is 262 g/mol. The quantitative estimate of drug-likeness (QED) is 0.807. The second-order valence-corrected chi connectivity index (χ2v) is 6.74.